The van der Waals surface area contributed by atoms with E-state index in [9.17, 15) is 10.2 Å². The summed E-state index contributed by atoms with van der Waals surface area (Å²) in [5.41, 5.74) is 0.599. The van der Waals surface area contributed by atoms with Crippen molar-refractivity contribution in [3.05, 3.63) is 29.8 Å². The van der Waals surface area contributed by atoms with Gasteiger partial charge in [-0.3, -0.25) is 0 Å². The van der Waals surface area contributed by atoms with Crippen LogP contribution in [-0.4, -0.2) is 35.5 Å². The molecule has 0 spiro atoms. The van der Waals surface area contributed by atoms with Crippen LogP contribution in [0.2, 0.25) is 0 Å². The number of likely N-dealkylation sites (N-methyl/N-ethyl adjacent to an activating group) is 1. The molecule has 1 aliphatic rings. The quantitative estimate of drug-likeness (QED) is 0.732. The van der Waals surface area contributed by atoms with E-state index in [-0.39, 0.29) is 24.9 Å². The van der Waals surface area contributed by atoms with Crippen molar-refractivity contribution in [3.8, 4) is 5.75 Å². The zero-order chi connectivity index (χ0) is 13.0. The topological polar surface area (TPSA) is 61.7 Å². The Hall–Kier alpha value is -1.10. The van der Waals surface area contributed by atoms with Crippen LogP contribution in [0.3, 0.4) is 0 Å². The Morgan fingerprint density at radius 1 is 1.39 bits per heavy atom. The molecule has 1 aromatic carbocycles. The van der Waals surface area contributed by atoms with E-state index >= 15 is 0 Å². The summed E-state index contributed by atoms with van der Waals surface area (Å²) >= 11 is 0. The number of aliphatic hydroxyl groups is 2. The van der Waals surface area contributed by atoms with Crippen molar-refractivity contribution >= 4 is 0 Å². The van der Waals surface area contributed by atoms with Gasteiger partial charge in [0.2, 0.25) is 0 Å². The Morgan fingerprint density at radius 3 is 2.78 bits per heavy atom. The first-order valence-electron chi connectivity index (χ1n) is 6.38. The van der Waals surface area contributed by atoms with Crippen molar-refractivity contribution in [2.75, 3.05) is 13.7 Å². The first kappa shape index (κ1) is 13.3. The van der Waals surface area contributed by atoms with Crippen molar-refractivity contribution in [3.63, 3.8) is 0 Å². The molecule has 1 fully saturated rings. The maximum absolute atomic E-state index is 9.44. The van der Waals surface area contributed by atoms with Gasteiger partial charge in [0.15, 0.2) is 0 Å². The highest BCUT2D eigenvalue weighted by molar-refractivity contribution is 5.33. The Labute approximate surface area is 108 Å². The summed E-state index contributed by atoms with van der Waals surface area (Å²) in [6, 6.07) is 7.53. The number of para-hydroxylation sites is 1. The van der Waals surface area contributed by atoms with Gasteiger partial charge in [-0.05, 0) is 26.0 Å². The maximum atomic E-state index is 9.44. The smallest absolute Gasteiger partial charge is 0.125 e. The van der Waals surface area contributed by atoms with Crippen molar-refractivity contribution in [1.82, 2.24) is 5.32 Å². The minimum absolute atomic E-state index is 0.0138. The number of rotatable bonds is 5. The zero-order valence-electron chi connectivity index (χ0n) is 10.7. The highest BCUT2D eigenvalue weighted by atomic mass is 16.5. The fourth-order valence-corrected chi connectivity index (χ4v) is 2.56. The zero-order valence-corrected chi connectivity index (χ0v) is 10.7. The Balaban J connectivity index is 2.03. The maximum Gasteiger partial charge on any atom is 0.125 e. The summed E-state index contributed by atoms with van der Waals surface area (Å²) in [7, 11) is 1.88. The Bertz CT molecular complexity index is 390. The van der Waals surface area contributed by atoms with Gasteiger partial charge < -0.3 is 20.3 Å². The highest BCUT2D eigenvalue weighted by Gasteiger charge is 2.38. The van der Waals surface area contributed by atoms with Crippen molar-refractivity contribution < 1.29 is 14.9 Å². The van der Waals surface area contributed by atoms with Gasteiger partial charge >= 0.3 is 0 Å². The molecule has 3 N–H and O–H groups in total. The highest BCUT2D eigenvalue weighted by Crippen LogP contribution is 2.33. The molecule has 1 aliphatic carbocycles. The molecule has 0 bridgehead atoms. The molecule has 0 aromatic heterocycles. The van der Waals surface area contributed by atoms with Crippen molar-refractivity contribution in [1.29, 1.82) is 0 Å². The first-order valence-corrected chi connectivity index (χ1v) is 6.38. The largest absolute Gasteiger partial charge is 0.490 e. The summed E-state index contributed by atoms with van der Waals surface area (Å²) in [5, 5.41) is 21.9. The third-order valence-corrected chi connectivity index (χ3v) is 3.83. The van der Waals surface area contributed by atoms with Crippen LogP contribution in [0, 0.1) is 0 Å². The monoisotopic (exact) mass is 251 g/mol. The van der Waals surface area contributed by atoms with Gasteiger partial charge in [0, 0.05) is 17.5 Å². The van der Waals surface area contributed by atoms with Crippen LogP contribution in [-0.2, 0) is 6.61 Å². The molecule has 2 unspecified atom stereocenters. The average Bonchev–Trinajstić information content (AvgIpc) is 2.83. The second kappa shape index (κ2) is 5.69. The number of nitrogens with one attached hydrogen (secondary N) is 1. The van der Waals surface area contributed by atoms with Gasteiger partial charge in [-0.1, -0.05) is 18.2 Å². The number of aliphatic hydroxyl groups excluding tert-OH is 2. The first-order chi connectivity index (χ1) is 8.73. The van der Waals surface area contributed by atoms with Crippen LogP contribution in [0.4, 0.5) is 0 Å². The molecule has 2 rings (SSSR count). The lowest BCUT2D eigenvalue weighted by molar-refractivity contribution is 0.144. The molecule has 0 radical (unpaired) electrons. The molecule has 4 heteroatoms. The van der Waals surface area contributed by atoms with Crippen molar-refractivity contribution in [2.45, 2.75) is 37.5 Å². The van der Waals surface area contributed by atoms with E-state index in [1.165, 1.54) is 0 Å². The van der Waals surface area contributed by atoms with E-state index < -0.39 is 0 Å². The summed E-state index contributed by atoms with van der Waals surface area (Å²) in [4.78, 5) is 0. The van der Waals surface area contributed by atoms with Crippen molar-refractivity contribution in [2.24, 2.45) is 0 Å². The number of benzene rings is 1. The van der Waals surface area contributed by atoms with Crippen LogP contribution in [0.25, 0.3) is 0 Å². The van der Waals surface area contributed by atoms with Gasteiger partial charge in [-0.15, -0.1) is 0 Å². The molecule has 100 valence electrons. The summed E-state index contributed by atoms with van der Waals surface area (Å²) < 4.78 is 5.95. The lowest BCUT2D eigenvalue weighted by Crippen LogP contribution is -2.44. The molecule has 1 saturated carbocycles. The van der Waals surface area contributed by atoms with Crippen LogP contribution in [0.15, 0.2) is 24.3 Å². The molecule has 2 atom stereocenters. The predicted molar refractivity (Wildman–Crippen MR) is 69.5 cm³/mol. The Morgan fingerprint density at radius 2 is 2.17 bits per heavy atom. The molecule has 4 nitrogen and oxygen atoms in total. The summed E-state index contributed by atoms with van der Waals surface area (Å²) in [5.74, 6) is 0.745. The van der Waals surface area contributed by atoms with Crippen LogP contribution in [0.5, 0.6) is 5.75 Å². The number of hydrogen-bond donors (Lipinski definition) is 3. The molecule has 0 saturated heterocycles. The number of hydrogen-bond acceptors (Lipinski definition) is 4. The van der Waals surface area contributed by atoms with Crippen LogP contribution < -0.4 is 10.1 Å². The van der Waals surface area contributed by atoms with Crippen LogP contribution in [0.1, 0.15) is 24.8 Å². The minimum Gasteiger partial charge on any atom is -0.490 e. The normalized spacial score (nSPS) is 27.4. The fourth-order valence-electron chi connectivity index (χ4n) is 2.56. The van der Waals surface area contributed by atoms with Gasteiger partial charge in [0.1, 0.15) is 11.9 Å². The minimum atomic E-state index is -0.209. The summed E-state index contributed by atoms with van der Waals surface area (Å²) in [6.45, 7) is 0.116. The fraction of sp³-hybridized carbons (Fsp3) is 0.571. The van der Waals surface area contributed by atoms with E-state index in [1.54, 1.807) is 0 Å². The van der Waals surface area contributed by atoms with Gasteiger partial charge in [-0.2, -0.15) is 0 Å². The molecule has 18 heavy (non-hydrogen) atoms. The third-order valence-electron chi connectivity index (χ3n) is 3.83. The molecule has 0 heterocycles. The molecule has 1 aromatic rings. The Kier molecular flexibility index (Phi) is 4.22. The lowest BCUT2D eigenvalue weighted by Gasteiger charge is -2.26. The van der Waals surface area contributed by atoms with E-state index in [2.05, 4.69) is 5.32 Å². The summed E-state index contributed by atoms with van der Waals surface area (Å²) in [6.07, 6.45) is 2.71. The average molecular weight is 251 g/mol. The second-order valence-corrected chi connectivity index (χ2v) is 4.94. The standard InChI is InChI=1S/C14H21NO3/c1-15-14(10-17)7-6-12(8-14)18-13-5-3-2-4-11(13)9-16/h2-5,12,15-17H,6-10H2,1H3. The van der Waals surface area contributed by atoms with Gasteiger partial charge in [0.25, 0.3) is 0 Å². The molecular weight excluding hydrogens is 230 g/mol. The van der Waals surface area contributed by atoms with Crippen LogP contribution >= 0.6 is 0 Å². The van der Waals surface area contributed by atoms with Gasteiger partial charge in [0.05, 0.1) is 13.2 Å². The molecular formula is C14H21NO3. The van der Waals surface area contributed by atoms with E-state index in [4.69, 9.17) is 4.74 Å². The van der Waals surface area contributed by atoms with E-state index in [0.29, 0.717) is 0 Å². The third kappa shape index (κ3) is 2.66. The van der Waals surface area contributed by atoms with E-state index in [1.807, 2.05) is 31.3 Å². The SMILES string of the molecule is CNC1(CO)CCC(Oc2ccccc2CO)C1. The molecule has 0 amide bonds. The number of ether oxygens (including phenoxy) is 1. The lowest BCUT2D eigenvalue weighted by atomic mass is 9.99. The second-order valence-electron chi connectivity index (χ2n) is 4.94. The van der Waals surface area contributed by atoms with Gasteiger partial charge in [-0.25, -0.2) is 0 Å². The predicted octanol–water partition coefficient (Wildman–Crippen LogP) is 1.06. The van der Waals surface area contributed by atoms with E-state index in [0.717, 1.165) is 30.6 Å². The molecule has 0 aliphatic heterocycles.